The van der Waals surface area contributed by atoms with E-state index >= 15 is 0 Å². The molecule has 0 radical (unpaired) electrons. The number of nitrogens with two attached hydrogens (primary N) is 1. The molecule has 0 saturated carbocycles. The zero-order valence-electron chi connectivity index (χ0n) is 10.1. The molecule has 1 heterocycles. The molecule has 6 heteroatoms. The molecule has 19 heavy (non-hydrogen) atoms. The maximum atomic E-state index is 11.8. The van der Waals surface area contributed by atoms with Gasteiger partial charge in [0.1, 0.15) is 11.6 Å². The summed E-state index contributed by atoms with van der Waals surface area (Å²) >= 11 is 1.18. The van der Waals surface area contributed by atoms with Crippen LogP contribution in [0.3, 0.4) is 0 Å². The standard InChI is InChI=1S/C13H13N3O2S/c14-11-7-12(18)16-13(15-11)19-8-10(17)6-9-4-2-1-3-5-9/h1-5,7H,6,8H2,(H3,14,15,16,18). The predicted octanol–water partition coefficient (Wildman–Crippen LogP) is 1.26. The number of ketones is 1. The average molecular weight is 275 g/mol. The van der Waals surface area contributed by atoms with Crippen molar-refractivity contribution < 1.29 is 4.79 Å². The van der Waals surface area contributed by atoms with Crippen LogP contribution >= 0.6 is 11.8 Å². The minimum Gasteiger partial charge on any atom is -0.383 e. The number of rotatable bonds is 5. The van der Waals surface area contributed by atoms with Crippen LogP contribution in [0.5, 0.6) is 0 Å². The van der Waals surface area contributed by atoms with Crippen LogP contribution in [0.15, 0.2) is 46.3 Å². The number of thioether (sulfide) groups is 1. The molecule has 0 bridgehead atoms. The van der Waals surface area contributed by atoms with Crippen LogP contribution in [0.25, 0.3) is 0 Å². The second-order valence-electron chi connectivity index (χ2n) is 3.97. The van der Waals surface area contributed by atoms with Crippen LogP contribution in [0.4, 0.5) is 5.82 Å². The number of nitrogens with one attached hydrogen (secondary N) is 1. The van der Waals surface area contributed by atoms with E-state index in [4.69, 9.17) is 5.73 Å². The van der Waals surface area contributed by atoms with Crippen molar-refractivity contribution in [1.29, 1.82) is 0 Å². The van der Waals surface area contributed by atoms with Crippen LogP contribution in [0.1, 0.15) is 5.56 Å². The van der Waals surface area contributed by atoms with Gasteiger partial charge in [-0.3, -0.25) is 9.59 Å². The maximum absolute atomic E-state index is 11.8. The van der Waals surface area contributed by atoms with E-state index in [9.17, 15) is 9.59 Å². The molecular formula is C13H13N3O2S. The Morgan fingerprint density at radius 1 is 1.32 bits per heavy atom. The van der Waals surface area contributed by atoms with Crippen molar-refractivity contribution in [3.63, 3.8) is 0 Å². The van der Waals surface area contributed by atoms with Gasteiger partial charge < -0.3 is 10.7 Å². The van der Waals surface area contributed by atoms with Gasteiger partial charge in [-0.15, -0.1) is 0 Å². The van der Waals surface area contributed by atoms with E-state index in [0.717, 1.165) is 5.56 Å². The highest BCUT2D eigenvalue weighted by Crippen LogP contribution is 2.13. The van der Waals surface area contributed by atoms with Gasteiger partial charge in [0.25, 0.3) is 5.56 Å². The van der Waals surface area contributed by atoms with E-state index in [1.807, 2.05) is 30.3 Å². The maximum Gasteiger partial charge on any atom is 0.253 e. The van der Waals surface area contributed by atoms with E-state index in [0.29, 0.717) is 11.6 Å². The molecule has 0 atom stereocenters. The van der Waals surface area contributed by atoms with Gasteiger partial charge >= 0.3 is 0 Å². The van der Waals surface area contributed by atoms with Crippen molar-refractivity contribution in [2.24, 2.45) is 0 Å². The quantitative estimate of drug-likeness (QED) is 0.633. The SMILES string of the molecule is Nc1cc(=O)[nH]c(SCC(=O)Cc2ccccc2)n1. The molecule has 2 rings (SSSR count). The molecule has 0 unspecified atom stereocenters. The molecule has 5 nitrogen and oxygen atoms in total. The number of nitrogen functional groups attached to an aromatic ring is 1. The molecule has 0 fully saturated rings. The summed E-state index contributed by atoms with van der Waals surface area (Å²) in [5.41, 5.74) is 6.12. The molecule has 0 spiro atoms. The number of nitrogens with zero attached hydrogens (tertiary/aromatic N) is 1. The summed E-state index contributed by atoms with van der Waals surface area (Å²) in [6.45, 7) is 0. The van der Waals surface area contributed by atoms with Gasteiger partial charge in [0.05, 0.1) is 5.75 Å². The molecule has 0 aliphatic carbocycles. The fraction of sp³-hybridized carbons (Fsp3) is 0.154. The second-order valence-corrected chi connectivity index (χ2v) is 4.93. The lowest BCUT2D eigenvalue weighted by atomic mass is 10.1. The molecule has 98 valence electrons. The molecule has 0 aliphatic rings. The summed E-state index contributed by atoms with van der Waals surface area (Å²) in [6.07, 6.45) is 0.375. The number of benzene rings is 1. The lowest BCUT2D eigenvalue weighted by Crippen LogP contribution is -2.11. The fourth-order valence-electron chi connectivity index (χ4n) is 1.55. The highest BCUT2D eigenvalue weighted by atomic mass is 32.2. The predicted molar refractivity (Wildman–Crippen MR) is 75.1 cm³/mol. The Labute approximate surface area is 114 Å². The number of aromatic nitrogens is 2. The van der Waals surface area contributed by atoms with E-state index in [-0.39, 0.29) is 22.9 Å². The third-order valence-electron chi connectivity index (χ3n) is 2.35. The summed E-state index contributed by atoms with van der Waals surface area (Å²) in [6, 6.07) is 10.7. The Balaban J connectivity index is 1.92. The Hall–Kier alpha value is -2.08. The molecule has 3 N–H and O–H groups in total. The molecule has 1 aromatic heterocycles. The van der Waals surface area contributed by atoms with E-state index in [1.165, 1.54) is 17.8 Å². The lowest BCUT2D eigenvalue weighted by molar-refractivity contribution is -0.116. The van der Waals surface area contributed by atoms with Crippen molar-refractivity contribution in [3.8, 4) is 0 Å². The molecule has 1 aromatic carbocycles. The first-order valence-electron chi connectivity index (χ1n) is 5.69. The Bertz CT molecular complexity index is 625. The van der Waals surface area contributed by atoms with Gasteiger partial charge in [0.2, 0.25) is 0 Å². The first kappa shape index (κ1) is 13.4. The molecule has 0 aliphatic heterocycles. The van der Waals surface area contributed by atoms with Gasteiger partial charge in [0.15, 0.2) is 5.16 Å². The number of aromatic amines is 1. The van der Waals surface area contributed by atoms with Crippen molar-refractivity contribution in [1.82, 2.24) is 9.97 Å². The monoisotopic (exact) mass is 275 g/mol. The summed E-state index contributed by atoms with van der Waals surface area (Å²) in [5.74, 6) is 0.476. The van der Waals surface area contributed by atoms with Gasteiger partial charge in [-0.05, 0) is 5.56 Å². The third kappa shape index (κ3) is 4.26. The van der Waals surface area contributed by atoms with Crippen LogP contribution < -0.4 is 11.3 Å². The second kappa shape index (κ2) is 6.19. The number of carbonyl (C=O) groups excluding carboxylic acids is 1. The van der Waals surface area contributed by atoms with E-state index in [2.05, 4.69) is 9.97 Å². The van der Waals surface area contributed by atoms with E-state index < -0.39 is 0 Å². The normalized spacial score (nSPS) is 10.3. The van der Waals surface area contributed by atoms with Crippen molar-refractivity contribution in [2.75, 3.05) is 11.5 Å². The first-order valence-corrected chi connectivity index (χ1v) is 6.67. The fourth-order valence-corrected chi connectivity index (χ4v) is 2.29. The Kier molecular flexibility index (Phi) is 4.35. The number of carbonyl (C=O) groups is 1. The number of hydrogen-bond acceptors (Lipinski definition) is 5. The van der Waals surface area contributed by atoms with Crippen LogP contribution in [0.2, 0.25) is 0 Å². The summed E-state index contributed by atoms with van der Waals surface area (Å²) < 4.78 is 0. The van der Waals surface area contributed by atoms with Gasteiger partial charge in [-0.25, -0.2) is 4.98 Å². The smallest absolute Gasteiger partial charge is 0.253 e. The Morgan fingerprint density at radius 2 is 2.05 bits per heavy atom. The molecule has 0 saturated heterocycles. The third-order valence-corrected chi connectivity index (χ3v) is 3.29. The van der Waals surface area contributed by atoms with Crippen molar-refractivity contribution >= 4 is 23.4 Å². The highest BCUT2D eigenvalue weighted by molar-refractivity contribution is 7.99. The van der Waals surface area contributed by atoms with Crippen LogP contribution in [0, 0.1) is 0 Å². The summed E-state index contributed by atoms with van der Waals surface area (Å²) in [5, 5.41) is 0.367. The number of H-pyrrole nitrogens is 1. The van der Waals surface area contributed by atoms with Crippen molar-refractivity contribution in [2.45, 2.75) is 11.6 Å². The van der Waals surface area contributed by atoms with Gasteiger partial charge in [-0.2, -0.15) is 0 Å². The minimum absolute atomic E-state index is 0.0706. The topological polar surface area (TPSA) is 88.8 Å². The molecule has 2 aromatic rings. The zero-order valence-corrected chi connectivity index (χ0v) is 10.9. The largest absolute Gasteiger partial charge is 0.383 e. The van der Waals surface area contributed by atoms with Gasteiger partial charge in [-0.1, -0.05) is 42.1 Å². The van der Waals surface area contributed by atoms with Crippen LogP contribution in [-0.4, -0.2) is 21.5 Å². The number of hydrogen-bond donors (Lipinski definition) is 2. The number of anilines is 1. The summed E-state index contributed by atoms with van der Waals surface area (Å²) in [7, 11) is 0. The van der Waals surface area contributed by atoms with Gasteiger partial charge in [0, 0.05) is 12.5 Å². The van der Waals surface area contributed by atoms with E-state index in [1.54, 1.807) is 0 Å². The molecular weight excluding hydrogens is 262 g/mol. The average Bonchev–Trinajstić information content (AvgIpc) is 2.36. The van der Waals surface area contributed by atoms with Crippen LogP contribution in [-0.2, 0) is 11.2 Å². The molecule has 0 amide bonds. The lowest BCUT2D eigenvalue weighted by Gasteiger charge is -2.02. The highest BCUT2D eigenvalue weighted by Gasteiger charge is 2.06. The Morgan fingerprint density at radius 3 is 2.74 bits per heavy atom. The number of Topliss-reactive ketones (excluding diaryl/α,β-unsaturated/α-hetero) is 1. The first-order chi connectivity index (χ1) is 9.13. The van der Waals surface area contributed by atoms with Crippen molar-refractivity contribution in [3.05, 3.63) is 52.3 Å². The zero-order chi connectivity index (χ0) is 13.7. The minimum atomic E-state index is -0.314. The summed E-state index contributed by atoms with van der Waals surface area (Å²) in [4.78, 5) is 29.4.